The zero-order valence-corrected chi connectivity index (χ0v) is 18.1. The summed E-state index contributed by atoms with van der Waals surface area (Å²) in [6.07, 6.45) is 6.98. The molecule has 0 bridgehead atoms. The molecule has 1 N–H and O–H groups in total. The fourth-order valence-corrected chi connectivity index (χ4v) is 5.96. The smallest absolute Gasteiger partial charge is 0.230 e. The Balaban J connectivity index is 1.37. The topological polar surface area (TPSA) is 41.6 Å². The molecule has 0 aromatic carbocycles. The standard InChI is InChI=1S/C21H32N2O2S2/c1-14-5-6-27-20(14)11-23-9-16-7-18(22-21(24)13-26-2)19(8-17(16)10-23)25-12-15-3-4-15/h5-6,15-19H,3-4,7-13H2,1-2H3,(H,22,24)/t16-,17+,18-,19-/m0/s1. The van der Waals surface area contributed by atoms with Gasteiger partial charge < -0.3 is 10.1 Å². The van der Waals surface area contributed by atoms with Gasteiger partial charge in [-0.05, 0) is 73.6 Å². The highest BCUT2D eigenvalue weighted by molar-refractivity contribution is 7.99. The van der Waals surface area contributed by atoms with Gasteiger partial charge in [0.2, 0.25) is 5.91 Å². The van der Waals surface area contributed by atoms with Crippen LogP contribution in [0.15, 0.2) is 11.4 Å². The van der Waals surface area contributed by atoms with Gasteiger partial charge in [-0.15, -0.1) is 11.3 Å². The number of thiophene rings is 1. The van der Waals surface area contributed by atoms with Crippen LogP contribution in [0, 0.1) is 24.7 Å². The van der Waals surface area contributed by atoms with Gasteiger partial charge in [0.25, 0.3) is 0 Å². The average Bonchev–Trinajstić information content (AvgIpc) is 3.26. The summed E-state index contributed by atoms with van der Waals surface area (Å²) in [7, 11) is 0. The second kappa shape index (κ2) is 8.85. The zero-order chi connectivity index (χ0) is 18.8. The van der Waals surface area contributed by atoms with Crippen molar-refractivity contribution in [2.75, 3.05) is 31.7 Å². The van der Waals surface area contributed by atoms with Gasteiger partial charge in [0.05, 0.1) is 17.9 Å². The molecule has 1 aromatic rings. The molecule has 4 rings (SSSR count). The fraction of sp³-hybridized carbons (Fsp3) is 0.762. The lowest BCUT2D eigenvalue weighted by Crippen LogP contribution is -2.51. The van der Waals surface area contributed by atoms with Crippen LogP contribution >= 0.6 is 23.1 Å². The first-order chi connectivity index (χ1) is 13.1. The second-order valence-electron chi connectivity index (χ2n) is 8.63. The number of nitrogens with one attached hydrogen (secondary N) is 1. The Bertz CT molecular complexity index is 646. The van der Waals surface area contributed by atoms with Crippen molar-refractivity contribution in [3.63, 3.8) is 0 Å². The molecule has 2 saturated carbocycles. The SMILES string of the molecule is CSCC(=O)N[C@H]1C[C@H]2CN(Cc3sccc3C)C[C@H]2C[C@@H]1OCC1CC1. The van der Waals surface area contributed by atoms with E-state index >= 15 is 0 Å². The van der Waals surface area contributed by atoms with Gasteiger partial charge in [-0.1, -0.05) is 0 Å². The molecule has 1 saturated heterocycles. The summed E-state index contributed by atoms with van der Waals surface area (Å²) in [5, 5.41) is 5.50. The van der Waals surface area contributed by atoms with Crippen LogP contribution in [0.4, 0.5) is 0 Å². The molecule has 4 nitrogen and oxygen atoms in total. The maximum atomic E-state index is 12.2. The Morgan fingerprint density at radius 1 is 1.33 bits per heavy atom. The minimum atomic E-state index is 0.162. The van der Waals surface area contributed by atoms with E-state index in [-0.39, 0.29) is 18.1 Å². The number of hydrogen-bond acceptors (Lipinski definition) is 5. The number of rotatable bonds is 8. The maximum Gasteiger partial charge on any atom is 0.230 e. The molecule has 6 heteroatoms. The van der Waals surface area contributed by atoms with Crippen LogP contribution in [-0.4, -0.2) is 54.7 Å². The van der Waals surface area contributed by atoms with Crippen molar-refractivity contribution in [1.29, 1.82) is 0 Å². The molecule has 27 heavy (non-hydrogen) atoms. The number of aryl methyl sites for hydroxylation is 1. The van der Waals surface area contributed by atoms with E-state index in [4.69, 9.17) is 4.74 Å². The number of likely N-dealkylation sites (tertiary alicyclic amines) is 1. The molecule has 2 aliphatic carbocycles. The first-order valence-electron chi connectivity index (χ1n) is 10.3. The van der Waals surface area contributed by atoms with Crippen molar-refractivity contribution in [2.24, 2.45) is 17.8 Å². The van der Waals surface area contributed by atoms with E-state index in [1.165, 1.54) is 29.8 Å². The Morgan fingerprint density at radius 3 is 2.78 bits per heavy atom. The van der Waals surface area contributed by atoms with E-state index in [1.54, 1.807) is 11.8 Å². The molecule has 4 atom stereocenters. The number of carbonyl (C=O) groups is 1. The lowest BCUT2D eigenvalue weighted by atomic mass is 9.77. The van der Waals surface area contributed by atoms with Crippen molar-refractivity contribution >= 4 is 29.0 Å². The number of fused-ring (bicyclic) bond motifs is 1. The highest BCUT2D eigenvalue weighted by atomic mass is 32.2. The number of hydrogen-bond donors (Lipinski definition) is 1. The zero-order valence-electron chi connectivity index (χ0n) is 16.5. The quantitative estimate of drug-likeness (QED) is 0.714. The van der Waals surface area contributed by atoms with E-state index in [0.717, 1.165) is 38.5 Å². The Morgan fingerprint density at radius 2 is 2.11 bits per heavy atom. The van der Waals surface area contributed by atoms with Gasteiger partial charge in [-0.25, -0.2) is 0 Å². The number of nitrogens with zero attached hydrogens (tertiary/aromatic N) is 1. The number of amides is 1. The molecule has 1 amide bonds. The molecule has 3 fully saturated rings. The third-order valence-corrected chi connectivity index (χ3v) is 7.95. The number of carbonyl (C=O) groups excluding carboxylic acids is 1. The van der Waals surface area contributed by atoms with Crippen LogP contribution < -0.4 is 5.32 Å². The summed E-state index contributed by atoms with van der Waals surface area (Å²) in [5.74, 6) is 2.87. The first kappa shape index (κ1) is 19.7. The van der Waals surface area contributed by atoms with Crippen molar-refractivity contribution in [2.45, 2.75) is 51.3 Å². The Labute approximate surface area is 171 Å². The van der Waals surface area contributed by atoms with E-state index in [2.05, 4.69) is 28.6 Å². The number of ether oxygens (including phenoxy) is 1. The van der Waals surface area contributed by atoms with Crippen molar-refractivity contribution in [3.05, 3.63) is 21.9 Å². The Hall–Kier alpha value is -0.560. The van der Waals surface area contributed by atoms with Gasteiger partial charge in [0.15, 0.2) is 0 Å². The monoisotopic (exact) mass is 408 g/mol. The van der Waals surface area contributed by atoms with Gasteiger partial charge in [-0.2, -0.15) is 11.8 Å². The van der Waals surface area contributed by atoms with Gasteiger partial charge >= 0.3 is 0 Å². The number of thioether (sulfide) groups is 1. The molecule has 150 valence electrons. The molecule has 1 aliphatic heterocycles. The summed E-state index contributed by atoms with van der Waals surface area (Å²) >= 11 is 3.47. The highest BCUT2D eigenvalue weighted by Gasteiger charge is 2.43. The van der Waals surface area contributed by atoms with Crippen molar-refractivity contribution in [3.8, 4) is 0 Å². The minimum absolute atomic E-state index is 0.162. The van der Waals surface area contributed by atoms with E-state index in [0.29, 0.717) is 17.6 Å². The molecule has 1 aromatic heterocycles. The fourth-order valence-electron chi connectivity index (χ4n) is 4.67. The third kappa shape index (κ3) is 5.08. The molecular formula is C21H32N2O2S2. The van der Waals surface area contributed by atoms with Crippen molar-refractivity contribution < 1.29 is 9.53 Å². The van der Waals surface area contributed by atoms with E-state index in [9.17, 15) is 4.79 Å². The van der Waals surface area contributed by atoms with Gasteiger partial charge in [0, 0.05) is 31.1 Å². The lowest BCUT2D eigenvalue weighted by molar-refractivity contribution is -0.121. The van der Waals surface area contributed by atoms with Gasteiger partial charge in [-0.3, -0.25) is 9.69 Å². The predicted molar refractivity (Wildman–Crippen MR) is 113 cm³/mol. The van der Waals surface area contributed by atoms with Crippen molar-refractivity contribution in [1.82, 2.24) is 10.2 Å². The third-order valence-electron chi connectivity index (χ3n) is 6.39. The van der Waals surface area contributed by atoms with Crippen LogP contribution in [-0.2, 0) is 16.1 Å². The maximum absolute atomic E-state index is 12.2. The Kier molecular flexibility index (Phi) is 6.47. The largest absolute Gasteiger partial charge is 0.376 e. The van der Waals surface area contributed by atoms with Crippen LogP contribution in [0.2, 0.25) is 0 Å². The molecule has 0 unspecified atom stereocenters. The van der Waals surface area contributed by atoms with Crippen LogP contribution in [0.25, 0.3) is 0 Å². The molecule has 3 aliphatic rings. The summed E-state index contributed by atoms with van der Waals surface area (Å²) < 4.78 is 6.33. The average molecular weight is 409 g/mol. The van der Waals surface area contributed by atoms with E-state index in [1.807, 2.05) is 17.6 Å². The van der Waals surface area contributed by atoms with Crippen LogP contribution in [0.5, 0.6) is 0 Å². The first-order valence-corrected chi connectivity index (χ1v) is 12.5. The molecule has 0 spiro atoms. The molecule has 2 heterocycles. The summed E-state index contributed by atoms with van der Waals surface area (Å²) in [6.45, 7) is 6.51. The molecule has 0 radical (unpaired) electrons. The second-order valence-corrected chi connectivity index (χ2v) is 10.5. The lowest BCUT2D eigenvalue weighted by Gasteiger charge is -2.38. The summed E-state index contributed by atoms with van der Waals surface area (Å²) in [5.41, 5.74) is 1.42. The van der Waals surface area contributed by atoms with Gasteiger partial charge in [0.1, 0.15) is 0 Å². The van der Waals surface area contributed by atoms with Crippen LogP contribution in [0.1, 0.15) is 36.1 Å². The predicted octanol–water partition coefficient (Wildman–Crippen LogP) is 3.54. The summed E-state index contributed by atoms with van der Waals surface area (Å²) in [6, 6.07) is 2.41. The van der Waals surface area contributed by atoms with Crippen LogP contribution in [0.3, 0.4) is 0 Å². The minimum Gasteiger partial charge on any atom is -0.376 e. The highest BCUT2D eigenvalue weighted by Crippen LogP contribution is 2.39. The summed E-state index contributed by atoms with van der Waals surface area (Å²) in [4.78, 5) is 16.3. The van der Waals surface area contributed by atoms with E-state index < -0.39 is 0 Å². The molecular weight excluding hydrogens is 376 g/mol. The normalized spacial score (nSPS) is 31.0.